The number of fused-ring (bicyclic) bond motifs is 1. The van der Waals surface area contributed by atoms with Crippen molar-refractivity contribution in [3.63, 3.8) is 0 Å². The fraction of sp³-hybridized carbons (Fsp3) is 0.444. The van der Waals surface area contributed by atoms with Crippen LogP contribution in [0.3, 0.4) is 0 Å². The molecule has 1 aliphatic heterocycles. The lowest BCUT2D eigenvalue weighted by molar-refractivity contribution is 0.0691. The average Bonchev–Trinajstić information content (AvgIpc) is 2.47. The second-order valence-electron chi connectivity index (χ2n) is 3.51. The van der Waals surface area contributed by atoms with Crippen molar-refractivity contribution in [3.05, 3.63) is 11.8 Å². The van der Waals surface area contributed by atoms with Gasteiger partial charge in [0, 0.05) is 13.1 Å². The molecule has 1 atom stereocenters. The highest BCUT2D eigenvalue weighted by molar-refractivity contribution is 5.88. The van der Waals surface area contributed by atoms with Crippen molar-refractivity contribution in [2.45, 2.75) is 13.0 Å². The highest BCUT2D eigenvalue weighted by atomic mass is 16.5. The number of carbonyl (C=O) groups is 1. The van der Waals surface area contributed by atoms with E-state index in [4.69, 9.17) is 9.84 Å². The van der Waals surface area contributed by atoms with Crippen molar-refractivity contribution in [2.75, 3.05) is 18.5 Å². The first-order valence-corrected chi connectivity index (χ1v) is 4.42. The molecule has 2 N–H and O–H groups in total. The van der Waals surface area contributed by atoms with Gasteiger partial charge in [0.05, 0.1) is 6.54 Å². The van der Waals surface area contributed by atoms with E-state index in [2.05, 4.69) is 4.98 Å². The summed E-state index contributed by atoms with van der Waals surface area (Å²) in [5, 5.41) is 8.78. The number of nitrogens with one attached hydrogen (secondary N) is 1. The molecular formula is C9H12N2O3. The molecule has 1 unspecified atom stereocenters. The van der Waals surface area contributed by atoms with Gasteiger partial charge < -0.3 is 19.7 Å². The molecule has 1 aromatic rings. The third-order valence-corrected chi connectivity index (χ3v) is 2.23. The van der Waals surface area contributed by atoms with Gasteiger partial charge in [0.25, 0.3) is 0 Å². The highest BCUT2D eigenvalue weighted by Crippen LogP contribution is 2.32. The molecule has 76 valence electrons. The van der Waals surface area contributed by atoms with E-state index in [0.717, 1.165) is 12.4 Å². The van der Waals surface area contributed by atoms with Crippen LogP contribution < -0.4 is 9.64 Å². The van der Waals surface area contributed by atoms with E-state index in [-0.39, 0.29) is 11.8 Å². The largest absolute Gasteiger partial charge is 0.485 e. The molecule has 1 aliphatic rings. The van der Waals surface area contributed by atoms with Gasteiger partial charge in [-0.3, -0.25) is 0 Å². The molecule has 5 nitrogen and oxygen atoms in total. The normalized spacial score (nSPS) is 20.1. The zero-order valence-corrected chi connectivity index (χ0v) is 8.07. The van der Waals surface area contributed by atoms with Gasteiger partial charge in [-0.1, -0.05) is 0 Å². The maximum atomic E-state index is 10.7. The lowest BCUT2D eigenvalue weighted by Gasteiger charge is -2.29. The molecule has 0 aromatic carbocycles. The summed E-state index contributed by atoms with van der Waals surface area (Å²) in [5.41, 5.74) is 0.163. The van der Waals surface area contributed by atoms with Crippen molar-refractivity contribution in [1.82, 2.24) is 4.98 Å². The van der Waals surface area contributed by atoms with Gasteiger partial charge in [-0.25, -0.2) is 4.79 Å². The van der Waals surface area contributed by atoms with Crippen LogP contribution in [0.15, 0.2) is 6.07 Å². The Morgan fingerprint density at radius 2 is 2.50 bits per heavy atom. The lowest BCUT2D eigenvalue weighted by atomic mass is 10.3. The van der Waals surface area contributed by atoms with Crippen LogP contribution in [0.4, 0.5) is 5.82 Å². The monoisotopic (exact) mass is 196 g/mol. The summed E-state index contributed by atoms with van der Waals surface area (Å²) >= 11 is 0. The quantitative estimate of drug-likeness (QED) is 0.701. The predicted octanol–water partition coefficient (Wildman–Crippen LogP) is 0.930. The molecule has 2 rings (SSSR count). The zero-order valence-electron chi connectivity index (χ0n) is 8.07. The van der Waals surface area contributed by atoms with Crippen LogP contribution in [0.2, 0.25) is 0 Å². The van der Waals surface area contributed by atoms with Crippen LogP contribution >= 0.6 is 0 Å². The van der Waals surface area contributed by atoms with Crippen LogP contribution in [-0.2, 0) is 0 Å². The molecule has 5 heteroatoms. The molecule has 0 fully saturated rings. The highest BCUT2D eigenvalue weighted by Gasteiger charge is 2.24. The van der Waals surface area contributed by atoms with Crippen LogP contribution in [-0.4, -0.2) is 35.8 Å². The molecule has 0 amide bonds. The first-order chi connectivity index (χ1) is 6.58. The third-order valence-electron chi connectivity index (χ3n) is 2.23. The van der Waals surface area contributed by atoms with Crippen molar-refractivity contribution in [3.8, 4) is 5.75 Å². The number of anilines is 1. The fourth-order valence-electron chi connectivity index (χ4n) is 1.64. The fourth-order valence-corrected chi connectivity index (χ4v) is 1.64. The molecular weight excluding hydrogens is 184 g/mol. The number of H-pyrrole nitrogens is 1. The van der Waals surface area contributed by atoms with Crippen molar-refractivity contribution < 1.29 is 14.6 Å². The van der Waals surface area contributed by atoms with Gasteiger partial charge in [-0.05, 0) is 6.92 Å². The van der Waals surface area contributed by atoms with E-state index in [1.54, 1.807) is 0 Å². The summed E-state index contributed by atoms with van der Waals surface area (Å²) in [6, 6.07) is 1.52. The number of aromatic carboxylic acids is 1. The van der Waals surface area contributed by atoms with E-state index in [9.17, 15) is 4.79 Å². The van der Waals surface area contributed by atoms with E-state index in [1.807, 2.05) is 18.9 Å². The Morgan fingerprint density at radius 3 is 3.14 bits per heavy atom. The maximum absolute atomic E-state index is 10.7. The van der Waals surface area contributed by atoms with Gasteiger partial charge in [-0.15, -0.1) is 0 Å². The third kappa shape index (κ3) is 1.30. The molecule has 0 aliphatic carbocycles. The molecule has 2 heterocycles. The zero-order chi connectivity index (χ0) is 10.3. The second kappa shape index (κ2) is 2.94. The Kier molecular flexibility index (Phi) is 1.87. The minimum absolute atomic E-state index is 0.0879. The van der Waals surface area contributed by atoms with Crippen LogP contribution in [0.25, 0.3) is 0 Å². The summed E-state index contributed by atoms with van der Waals surface area (Å²) < 4.78 is 5.50. The van der Waals surface area contributed by atoms with Crippen LogP contribution in [0.1, 0.15) is 17.4 Å². The predicted molar refractivity (Wildman–Crippen MR) is 51.1 cm³/mol. The second-order valence-corrected chi connectivity index (χ2v) is 3.51. The van der Waals surface area contributed by atoms with E-state index >= 15 is 0 Å². The number of likely N-dealkylation sites (N-methyl/N-ethyl adjacent to an activating group) is 1. The smallest absolute Gasteiger partial charge is 0.352 e. The number of carboxylic acids is 1. The number of aromatic nitrogens is 1. The minimum atomic E-state index is -0.968. The van der Waals surface area contributed by atoms with Gasteiger partial charge in [0.15, 0.2) is 5.75 Å². The maximum Gasteiger partial charge on any atom is 0.352 e. The summed E-state index contributed by atoms with van der Waals surface area (Å²) in [6.07, 6.45) is 0.0879. The molecule has 0 saturated carbocycles. The Balaban J connectivity index is 2.40. The number of rotatable bonds is 1. The van der Waals surface area contributed by atoms with Gasteiger partial charge >= 0.3 is 5.97 Å². The minimum Gasteiger partial charge on any atom is -0.485 e. The van der Waals surface area contributed by atoms with Gasteiger partial charge in [-0.2, -0.15) is 0 Å². The molecule has 0 bridgehead atoms. The number of nitrogens with zero attached hydrogens (tertiary/aromatic N) is 1. The summed E-state index contributed by atoms with van der Waals surface area (Å²) in [5.74, 6) is 0.383. The van der Waals surface area contributed by atoms with E-state index in [1.165, 1.54) is 6.07 Å². The lowest BCUT2D eigenvalue weighted by Crippen LogP contribution is -2.35. The summed E-state index contributed by atoms with van der Waals surface area (Å²) in [6.45, 7) is 2.71. The Morgan fingerprint density at radius 1 is 1.79 bits per heavy atom. The Bertz CT molecular complexity index is 372. The number of carboxylic acid groups (broad SMARTS) is 1. The van der Waals surface area contributed by atoms with E-state index in [0.29, 0.717) is 5.75 Å². The number of aromatic amines is 1. The Labute approximate surface area is 81.3 Å². The van der Waals surface area contributed by atoms with Crippen molar-refractivity contribution >= 4 is 11.8 Å². The first kappa shape index (κ1) is 8.93. The van der Waals surface area contributed by atoms with Crippen LogP contribution in [0, 0.1) is 0 Å². The van der Waals surface area contributed by atoms with Crippen molar-refractivity contribution in [1.29, 1.82) is 0 Å². The topological polar surface area (TPSA) is 65.6 Å². The molecule has 0 radical (unpaired) electrons. The number of hydrogen-bond acceptors (Lipinski definition) is 3. The first-order valence-electron chi connectivity index (χ1n) is 4.42. The SMILES string of the molecule is CC1CN(C)c2[nH]c(C(=O)O)cc2O1. The molecule has 0 saturated heterocycles. The molecule has 1 aromatic heterocycles. The van der Waals surface area contributed by atoms with E-state index < -0.39 is 5.97 Å². The van der Waals surface area contributed by atoms with Crippen LogP contribution in [0.5, 0.6) is 5.75 Å². The number of hydrogen-bond donors (Lipinski definition) is 2. The molecule has 0 spiro atoms. The van der Waals surface area contributed by atoms with Gasteiger partial charge in [0.1, 0.15) is 17.6 Å². The summed E-state index contributed by atoms with van der Waals surface area (Å²) in [7, 11) is 1.90. The number of ether oxygens (including phenoxy) is 1. The van der Waals surface area contributed by atoms with Gasteiger partial charge in [0.2, 0.25) is 0 Å². The summed E-state index contributed by atoms with van der Waals surface area (Å²) in [4.78, 5) is 15.5. The average molecular weight is 196 g/mol. The molecule has 14 heavy (non-hydrogen) atoms. The van der Waals surface area contributed by atoms with Crippen molar-refractivity contribution in [2.24, 2.45) is 0 Å². The Hall–Kier alpha value is -1.65. The standard InChI is InChI=1S/C9H12N2O3/c1-5-4-11(2)8-7(14-5)3-6(10-8)9(12)13/h3,5,10H,4H2,1-2H3,(H,12,13).